The number of hydrogen-bond donors (Lipinski definition) is 2. The number of amides is 4. The molecule has 2 aliphatic rings. The second-order valence-electron chi connectivity index (χ2n) is 8.39. The highest BCUT2D eigenvalue weighted by molar-refractivity contribution is 5.95. The van der Waals surface area contributed by atoms with E-state index in [9.17, 15) is 27.6 Å². The molecule has 0 bridgehead atoms. The maximum absolute atomic E-state index is 13.8. The highest BCUT2D eigenvalue weighted by Gasteiger charge is 2.43. The van der Waals surface area contributed by atoms with E-state index in [0.717, 1.165) is 6.07 Å². The summed E-state index contributed by atoms with van der Waals surface area (Å²) >= 11 is 0. The summed E-state index contributed by atoms with van der Waals surface area (Å²) in [5.74, 6) is -0.783. The van der Waals surface area contributed by atoms with E-state index >= 15 is 0 Å². The molecule has 2 heterocycles. The zero-order valence-electron chi connectivity index (χ0n) is 20.7. The van der Waals surface area contributed by atoms with Gasteiger partial charge in [-0.05, 0) is 32.4 Å². The van der Waals surface area contributed by atoms with Crippen molar-refractivity contribution in [3.63, 3.8) is 0 Å². The van der Waals surface area contributed by atoms with Crippen LogP contribution in [0.4, 0.5) is 22.8 Å². The Morgan fingerprint density at radius 1 is 1.11 bits per heavy atom. The van der Waals surface area contributed by atoms with E-state index in [4.69, 9.17) is 4.74 Å². The molecule has 0 saturated carbocycles. The number of hydrogen-bond acceptors (Lipinski definition) is 5. The van der Waals surface area contributed by atoms with E-state index in [1.165, 1.54) is 23.1 Å². The zero-order valence-corrected chi connectivity index (χ0v) is 20.7. The maximum atomic E-state index is 13.8. The third-order valence-electron chi connectivity index (χ3n) is 6.19. The first-order valence-corrected chi connectivity index (χ1v) is 12.0. The molecule has 0 aromatic heterocycles. The first-order chi connectivity index (χ1) is 17.1. The number of halogens is 3. The smallest absolute Gasteiger partial charge is 0.416 e. The fourth-order valence-electron chi connectivity index (χ4n) is 4.48. The first-order valence-electron chi connectivity index (χ1n) is 12.0. The van der Waals surface area contributed by atoms with Crippen LogP contribution in [0.3, 0.4) is 0 Å². The van der Waals surface area contributed by atoms with E-state index in [1.54, 1.807) is 18.7 Å². The van der Waals surface area contributed by atoms with Crippen LogP contribution in [0, 0.1) is 0 Å². The van der Waals surface area contributed by atoms with Crippen molar-refractivity contribution in [3.05, 3.63) is 46.7 Å². The molecule has 36 heavy (non-hydrogen) atoms. The monoisotopic (exact) mass is 511 g/mol. The summed E-state index contributed by atoms with van der Waals surface area (Å²) in [6.07, 6.45) is -4.68. The van der Waals surface area contributed by atoms with Gasteiger partial charge in [0.05, 0.1) is 23.8 Å². The summed E-state index contributed by atoms with van der Waals surface area (Å²) in [6.45, 7) is 7.86. The molecule has 9 nitrogen and oxygen atoms in total. The van der Waals surface area contributed by atoms with Gasteiger partial charge in [0.1, 0.15) is 0 Å². The molecular formula is C24H32F3N5O4. The van der Waals surface area contributed by atoms with Crippen LogP contribution in [-0.4, -0.2) is 85.2 Å². The van der Waals surface area contributed by atoms with E-state index in [-0.39, 0.29) is 36.9 Å². The van der Waals surface area contributed by atoms with Crippen LogP contribution in [0.25, 0.3) is 0 Å². The summed E-state index contributed by atoms with van der Waals surface area (Å²) in [5, 5.41) is 5.34. The van der Waals surface area contributed by atoms with Crippen LogP contribution >= 0.6 is 0 Å². The number of rotatable bonds is 7. The van der Waals surface area contributed by atoms with Crippen molar-refractivity contribution in [3.8, 4) is 0 Å². The topological polar surface area (TPSA) is 94.2 Å². The lowest BCUT2D eigenvalue weighted by Gasteiger charge is -2.40. The number of carbonyl (C=O) groups excluding carboxylic acids is 3. The van der Waals surface area contributed by atoms with Gasteiger partial charge in [-0.25, -0.2) is 14.4 Å². The lowest BCUT2D eigenvalue weighted by Crippen LogP contribution is -2.55. The van der Waals surface area contributed by atoms with E-state index < -0.39 is 29.8 Å². The normalized spacial score (nSPS) is 19.3. The van der Waals surface area contributed by atoms with Crippen molar-refractivity contribution in [1.29, 1.82) is 0 Å². The second-order valence-corrected chi connectivity index (χ2v) is 8.39. The number of likely N-dealkylation sites (N-methyl/N-ethyl adjacent to an activating group) is 1. The van der Waals surface area contributed by atoms with Gasteiger partial charge < -0.3 is 20.3 Å². The van der Waals surface area contributed by atoms with Gasteiger partial charge in [0, 0.05) is 51.5 Å². The number of esters is 1. The molecular weight excluding hydrogens is 479 g/mol. The van der Waals surface area contributed by atoms with Gasteiger partial charge >= 0.3 is 24.2 Å². The zero-order chi connectivity index (χ0) is 26.5. The van der Waals surface area contributed by atoms with Crippen LogP contribution in [-0.2, 0) is 15.7 Å². The average molecular weight is 512 g/mol. The van der Waals surface area contributed by atoms with Crippen molar-refractivity contribution < 1.29 is 32.3 Å². The average Bonchev–Trinajstić information content (AvgIpc) is 2.84. The lowest BCUT2D eigenvalue weighted by molar-refractivity contribution is -0.141. The van der Waals surface area contributed by atoms with Crippen LogP contribution in [0.1, 0.15) is 37.9 Å². The molecule has 1 saturated heterocycles. The Hall–Kier alpha value is -3.28. The van der Waals surface area contributed by atoms with Gasteiger partial charge in [0.15, 0.2) is 0 Å². The summed E-state index contributed by atoms with van der Waals surface area (Å²) < 4.78 is 46.8. The highest BCUT2D eigenvalue weighted by Crippen LogP contribution is 2.39. The largest absolute Gasteiger partial charge is 0.463 e. The SMILES string of the molecule is CCNC(=O)N1CCN(CC2=C(C(=O)OCC)[C@H](c3ccccc3C(F)(F)F)NC(=O)N2CC)CC1. The van der Waals surface area contributed by atoms with Crippen LogP contribution in [0.5, 0.6) is 0 Å². The second kappa shape index (κ2) is 11.6. The standard InChI is InChI=1S/C24H32F3N5O4/c1-4-28-22(34)31-13-11-30(12-14-31)15-18-19(21(33)36-6-3)20(29-23(35)32(18)5-2)16-9-7-8-10-17(16)24(25,26)27/h7-10,20H,4-6,11-15H2,1-3H3,(H,28,34)(H,29,35)/t20-/m0/s1. The number of carbonyl (C=O) groups is 3. The lowest BCUT2D eigenvalue weighted by atomic mass is 9.90. The van der Waals surface area contributed by atoms with Crippen LogP contribution in [0.2, 0.25) is 0 Å². The van der Waals surface area contributed by atoms with Gasteiger partial charge in [-0.1, -0.05) is 18.2 Å². The van der Waals surface area contributed by atoms with Gasteiger partial charge in [-0.15, -0.1) is 0 Å². The number of nitrogens with one attached hydrogen (secondary N) is 2. The van der Waals surface area contributed by atoms with E-state index in [1.807, 2.05) is 11.8 Å². The Labute approximate surface area is 208 Å². The number of piperazine rings is 1. The maximum Gasteiger partial charge on any atom is 0.416 e. The summed E-state index contributed by atoms with van der Waals surface area (Å²) in [7, 11) is 0. The molecule has 0 spiro atoms. The Balaban J connectivity index is 2.02. The summed E-state index contributed by atoms with van der Waals surface area (Å²) in [4.78, 5) is 43.3. The fraction of sp³-hybridized carbons (Fsp3) is 0.542. The minimum absolute atomic E-state index is 0.0224. The number of benzene rings is 1. The van der Waals surface area contributed by atoms with Crippen molar-refractivity contribution in [1.82, 2.24) is 25.3 Å². The molecule has 0 radical (unpaired) electrons. The molecule has 0 aliphatic carbocycles. The predicted molar refractivity (Wildman–Crippen MR) is 126 cm³/mol. The molecule has 1 aromatic carbocycles. The van der Waals surface area contributed by atoms with Crippen molar-refractivity contribution in [2.24, 2.45) is 0 Å². The van der Waals surface area contributed by atoms with Gasteiger partial charge in [-0.2, -0.15) is 13.2 Å². The molecule has 0 unspecified atom stereocenters. The molecule has 3 rings (SSSR count). The van der Waals surface area contributed by atoms with Crippen molar-refractivity contribution in [2.75, 3.05) is 52.4 Å². The molecule has 1 aromatic rings. The fourth-order valence-corrected chi connectivity index (χ4v) is 4.48. The van der Waals surface area contributed by atoms with Gasteiger partial charge in [0.2, 0.25) is 0 Å². The van der Waals surface area contributed by atoms with Crippen molar-refractivity contribution >= 4 is 18.0 Å². The number of ether oxygens (including phenoxy) is 1. The molecule has 1 atom stereocenters. The quantitative estimate of drug-likeness (QED) is 0.549. The van der Waals surface area contributed by atoms with E-state index in [0.29, 0.717) is 38.4 Å². The molecule has 4 amide bonds. The number of nitrogens with zero attached hydrogens (tertiary/aromatic N) is 3. The molecule has 1 fully saturated rings. The third-order valence-corrected chi connectivity index (χ3v) is 6.19. The highest BCUT2D eigenvalue weighted by atomic mass is 19.4. The molecule has 2 aliphatic heterocycles. The first kappa shape index (κ1) is 27.3. The Bertz CT molecular complexity index is 1010. The molecule has 2 N–H and O–H groups in total. The minimum Gasteiger partial charge on any atom is -0.463 e. The predicted octanol–water partition coefficient (Wildman–Crippen LogP) is 2.96. The Morgan fingerprint density at radius 3 is 2.36 bits per heavy atom. The molecule has 198 valence electrons. The van der Waals surface area contributed by atoms with Crippen LogP contribution < -0.4 is 10.6 Å². The minimum atomic E-state index is -4.68. The Kier molecular flexibility index (Phi) is 8.83. The Morgan fingerprint density at radius 2 is 1.78 bits per heavy atom. The van der Waals surface area contributed by atoms with Gasteiger partial charge in [0.25, 0.3) is 0 Å². The van der Waals surface area contributed by atoms with Gasteiger partial charge in [-0.3, -0.25) is 9.80 Å². The third kappa shape index (κ3) is 5.92. The molecule has 12 heteroatoms. The number of alkyl halides is 3. The number of urea groups is 2. The van der Waals surface area contributed by atoms with E-state index in [2.05, 4.69) is 10.6 Å². The summed E-state index contributed by atoms with van der Waals surface area (Å²) in [6, 6.07) is 2.80. The summed E-state index contributed by atoms with van der Waals surface area (Å²) in [5.41, 5.74) is -0.887. The van der Waals surface area contributed by atoms with Crippen LogP contribution in [0.15, 0.2) is 35.5 Å². The van der Waals surface area contributed by atoms with Crippen molar-refractivity contribution in [2.45, 2.75) is 33.0 Å².